The highest BCUT2D eigenvalue weighted by atomic mass is 32.1. The number of oxime groups is 1. The van der Waals surface area contributed by atoms with E-state index in [-0.39, 0.29) is 23.3 Å². The zero-order valence-electron chi connectivity index (χ0n) is 11.1. The Hall–Kier alpha value is -1.58. The third-order valence-electron chi connectivity index (χ3n) is 2.29. The molecule has 0 fully saturated rings. The molecule has 0 aliphatic heterocycles. The predicted molar refractivity (Wildman–Crippen MR) is 70.0 cm³/mol. The molecule has 3 N–H and O–H groups in total. The molecule has 0 spiro atoms. The van der Waals surface area contributed by atoms with Gasteiger partial charge in [-0.2, -0.15) is 22.5 Å². The van der Waals surface area contributed by atoms with Crippen molar-refractivity contribution >= 4 is 22.5 Å². The van der Waals surface area contributed by atoms with Crippen molar-refractivity contribution in [3.05, 3.63) is 5.82 Å². The maximum Gasteiger partial charge on any atom is 0.452 e. The van der Waals surface area contributed by atoms with Crippen molar-refractivity contribution in [1.29, 1.82) is 0 Å². The van der Waals surface area contributed by atoms with Crippen LogP contribution in [0.3, 0.4) is 0 Å². The SMILES string of the molecule is CC(C)CN(CCC(N)=NO)c1nc(C(F)(F)F)ns1. The molecule has 114 valence electrons. The fourth-order valence-electron chi connectivity index (χ4n) is 1.46. The number of rotatable bonds is 6. The van der Waals surface area contributed by atoms with Gasteiger partial charge in [0.05, 0.1) is 0 Å². The summed E-state index contributed by atoms with van der Waals surface area (Å²) in [5.74, 6) is -0.908. The number of halogens is 3. The molecule has 0 unspecified atom stereocenters. The predicted octanol–water partition coefficient (Wildman–Crippen LogP) is 2.16. The topological polar surface area (TPSA) is 87.6 Å². The second-order valence-corrected chi connectivity index (χ2v) is 5.31. The Balaban J connectivity index is 2.84. The number of alkyl halides is 3. The molecule has 10 heteroatoms. The number of hydrogen-bond donors (Lipinski definition) is 2. The van der Waals surface area contributed by atoms with Crippen molar-refractivity contribution < 1.29 is 18.4 Å². The van der Waals surface area contributed by atoms with Crippen molar-refractivity contribution in [3.63, 3.8) is 0 Å². The summed E-state index contributed by atoms with van der Waals surface area (Å²) in [5, 5.41) is 11.5. The lowest BCUT2D eigenvalue weighted by atomic mass is 10.2. The summed E-state index contributed by atoms with van der Waals surface area (Å²) >= 11 is 0.687. The van der Waals surface area contributed by atoms with Gasteiger partial charge in [-0.25, -0.2) is 0 Å². The number of anilines is 1. The highest BCUT2D eigenvalue weighted by Gasteiger charge is 2.36. The molecule has 1 rings (SSSR count). The van der Waals surface area contributed by atoms with Crippen LogP contribution in [0.2, 0.25) is 0 Å². The first-order valence-electron chi connectivity index (χ1n) is 5.86. The van der Waals surface area contributed by atoms with Crippen LogP contribution < -0.4 is 10.6 Å². The van der Waals surface area contributed by atoms with Gasteiger partial charge in [0, 0.05) is 31.0 Å². The Kier molecular flexibility index (Phi) is 5.54. The number of amidine groups is 1. The quantitative estimate of drug-likeness (QED) is 0.364. The molecule has 1 aromatic rings. The Morgan fingerprint density at radius 3 is 2.60 bits per heavy atom. The average Bonchev–Trinajstić information content (AvgIpc) is 2.82. The van der Waals surface area contributed by atoms with Gasteiger partial charge in [0.25, 0.3) is 0 Å². The van der Waals surface area contributed by atoms with E-state index in [4.69, 9.17) is 10.9 Å². The first kappa shape index (κ1) is 16.5. The lowest BCUT2D eigenvalue weighted by Gasteiger charge is -2.23. The lowest BCUT2D eigenvalue weighted by Crippen LogP contribution is -2.31. The van der Waals surface area contributed by atoms with Gasteiger partial charge >= 0.3 is 6.18 Å². The summed E-state index contributed by atoms with van der Waals surface area (Å²) in [4.78, 5) is 5.15. The molecule has 0 saturated heterocycles. The van der Waals surface area contributed by atoms with Gasteiger partial charge in [0.1, 0.15) is 5.84 Å². The van der Waals surface area contributed by atoms with Crippen molar-refractivity contribution in [2.45, 2.75) is 26.4 Å². The van der Waals surface area contributed by atoms with Crippen molar-refractivity contribution in [3.8, 4) is 0 Å². The Bertz CT molecular complexity index is 460. The minimum Gasteiger partial charge on any atom is -0.409 e. The molecular formula is C10H16F3N5OS. The Morgan fingerprint density at radius 2 is 2.15 bits per heavy atom. The molecule has 6 nitrogen and oxygen atoms in total. The first-order valence-corrected chi connectivity index (χ1v) is 6.63. The summed E-state index contributed by atoms with van der Waals surface area (Å²) in [7, 11) is 0. The average molecular weight is 311 g/mol. The van der Waals surface area contributed by atoms with E-state index in [0.717, 1.165) is 0 Å². The zero-order chi connectivity index (χ0) is 15.3. The molecule has 0 radical (unpaired) electrons. The molecule has 20 heavy (non-hydrogen) atoms. The number of nitrogens with zero attached hydrogens (tertiary/aromatic N) is 4. The third kappa shape index (κ3) is 4.83. The monoisotopic (exact) mass is 311 g/mol. The van der Waals surface area contributed by atoms with Crippen molar-refractivity contribution in [2.24, 2.45) is 16.8 Å². The Morgan fingerprint density at radius 1 is 1.50 bits per heavy atom. The van der Waals surface area contributed by atoms with E-state index in [1.54, 1.807) is 4.90 Å². The van der Waals surface area contributed by atoms with Crippen LogP contribution in [0.25, 0.3) is 0 Å². The molecule has 0 aliphatic carbocycles. The largest absolute Gasteiger partial charge is 0.452 e. The van der Waals surface area contributed by atoms with Gasteiger partial charge in [-0.1, -0.05) is 19.0 Å². The second-order valence-electron chi connectivity index (χ2n) is 4.58. The summed E-state index contributed by atoms with van der Waals surface area (Å²) in [5.41, 5.74) is 5.37. The molecule has 0 aliphatic rings. The van der Waals surface area contributed by atoms with Crippen LogP contribution in [0.15, 0.2) is 5.16 Å². The number of nitrogens with two attached hydrogens (primary N) is 1. The molecule has 0 bridgehead atoms. The molecule has 1 heterocycles. The molecule has 0 aromatic carbocycles. The van der Waals surface area contributed by atoms with E-state index < -0.39 is 12.0 Å². The summed E-state index contributed by atoms with van der Waals surface area (Å²) < 4.78 is 40.8. The van der Waals surface area contributed by atoms with Gasteiger partial charge in [-0.05, 0) is 5.92 Å². The minimum atomic E-state index is -4.55. The zero-order valence-corrected chi connectivity index (χ0v) is 11.9. The second kappa shape index (κ2) is 6.73. The maximum absolute atomic E-state index is 12.5. The number of hydrogen-bond acceptors (Lipinski definition) is 6. The number of aromatic nitrogens is 2. The van der Waals surface area contributed by atoms with Crippen LogP contribution >= 0.6 is 11.5 Å². The van der Waals surface area contributed by atoms with Gasteiger partial charge in [-0.3, -0.25) is 0 Å². The van der Waals surface area contributed by atoms with Crippen LogP contribution in [0.4, 0.5) is 18.3 Å². The van der Waals surface area contributed by atoms with Gasteiger partial charge in [0.2, 0.25) is 11.0 Å². The van der Waals surface area contributed by atoms with E-state index >= 15 is 0 Å². The highest BCUT2D eigenvalue weighted by molar-refractivity contribution is 7.09. The van der Waals surface area contributed by atoms with Crippen molar-refractivity contribution in [1.82, 2.24) is 9.36 Å². The molecular weight excluding hydrogens is 295 g/mol. The van der Waals surface area contributed by atoms with E-state index in [1.165, 1.54) is 0 Å². The van der Waals surface area contributed by atoms with Gasteiger partial charge < -0.3 is 15.8 Å². The molecule has 0 saturated carbocycles. The smallest absolute Gasteiger partial charge is 0.409 e. The Labute approximate surface area is 118 Å². The fourth-order valence-corrected chi connectivity index (χ4v) is 2.19. The summed E-state index contributed by atoms with van der Waals surface area (Å²) in [6.07, 6.45) is -4.33. The summed E-state index contributed by atoms with van der Waals surface area (Å²) in [6.45, 7) is 4.68. The minimum absolute atomic E-state index is 0.0133. The fraction of sp³-hybridized carbons (Fsp3) is 0.700. The standard InChI is InChI=1S/C10H16F3N5OS/c1-6(2)5-18(4-3-7(14)16-19)9-15-8(17-20-9)10(11,12)13/h6,19H,3-5H2,1-2H3,(H2,14,16). The van der Waals surface area contributed by atoms with Crippen molar-refractivity contribution in [2.75, 3.05) is 18.0 Å². The van der Waals surface area contributed by atoms with Gasteiger partial charge in [0.15, 0.2) is 0 Å². The van der Waals surface area contributed by atoms with Crippen LogP contribution in [0, 0.1) is 5.92 Å². The highest BCUT2D eigenvalue weighted by Crippen LogP contribution is 2.30. The lowest BCUT2D eigenvalue weighted by molar-refractivity contribution is -0.144. The van der Waals surface area contributed by atoms with E-state index in [9.17, 15) is 13.2 Å². The third-order valence-corrected chi connectivity index (χ3v) is 3.07. The molecule has 1 aromatic heterocycles. The molecule has 0 atom stereocenters. The normalized spacial score (nSPS) is 13.0. The van der Waals surface area contributed by atoms with Crippen LogP contribution in [0.1, 0.15) is 26.1 Å². The van der Waals surface area contributed by atoms with E-state index in [0.29, 0.717) is 24.6 Å². The summed E-state index contributed by atoms with van der Waals surface area (Å²) in [6, 6.07) is 0. The van der Waals surface area contributed by atoms with Crippen LogP contribution in [0.5, 0.6) is 0 Å². The van der Waals surface area contributed by atoms with Crippen LogP contribution in [-0.4, -0.2) is 33.5 Å². The van der Waals surface area contributed by atoms with E-state index in [2.05, 4.69) is 14.5 Å². The maximum atomic E-state index is 12.5. The first-order chi connectivity index (χ1) is 9.24. The van der Waals surface area contributed by atoms with Crippen LogP contribution in [-0.2, 0) is 6.18 Å². The van der Waals surface area contributed by atoms with Gasteiger partial charge in [-0.15, -0.1) is 0 Å². The van der Waals surface area contributed by atoms with E-state index in [1.807, 2.05) is 13.8 Å². The molecule has 0 amide bonds.